The van der Waals surface area contributed by atoms with E-state index in [9.17, 15) is 4.79 Å². The van der Waals surface area contributed by atoms with Crippen LogP contribution in [0.3, 0.4) is 0 Å². The molecule has 1 amide bonds. The lowest BCUT2D eigenvalue weighted by atomic mass is 10.2. The smallest absolute Gasteiger partial charge is 0.276 e. The number of carbonyl (C=O) groups excluding carboxylic acids is 1. The summed E-state index contributed by atoms with van der Waals surface area (Å²) in [5, 5.41) is 8.09. The lowest BCUT2D eigenvalue weighted by molar-refractivity contribution is 0.0779. The fraction of sp³-hybridized carbons (Fsp3) is 0.250. The molecular weight excluding hydrogens is 326 g/mol. The largest absolute Gasteiger partial charge is 0.378 e. The number of aromatic nitrogens is 3. The number of benzene rings is 2. The molecule has 0 aliphatic heterocycles. The first kappa shape index (κ1) is 17.7. The van der Waals surface area contributed by atoms with Crippen molar-refractivity contribution in [3.8, 4) is 0 Å². The van der Waals surface area contributed by atoms with E-state index in [0.29, 0.717) is 18.8 Å². The zero-order valence-electron chi connectivity index (χ0n) is 15.3. The Labute approximate surface area is 153 Å². The SMILES string of the molecule is CN(Cc1ccc(N(C)C)cc1)C(=O)c1cn(Cc2ccccc2)nn1. The average molecular weight is 349 g/mol. The zero-order valence-corrected chi connectivity index (χ0v) is 15.3. The molecule has 0 radical (unpaired) electrons. The molecule has 1 aromatic heterocycles. The molecule has 0 spiro atoms. The third kappa shape index (κ3) is 4.27. The van der Waals surface area contributed by atoms with Crippen LogP contribution < -0.4 is 4.90 Å². The van der Waals surface area contributed by atoms with Gasteiger partial charge in [-0.3, -0.25) is 4.79 Å². The van der Waals surface area contributed by atoms with Gasteiger partial charge >= 0.3 is 0 Å². The van der Waals surface area contributed by atoms with Gasteiger partial charge in [-0.15, -0.1) is 5.10 Å². The van der Waals surface area contributed by atoms with Crippen LogP contribution >= 0.6 is 0 Å². The van der Waals surface area contributed by atoms with Gasteiger partial charge in [0.2, 0.25) is 0 Å². The molecule has 0 unspecified atom stereocenters. The fourth-order valence-electron chi connectivity index (χ4n) is 2.68. The van der Waals surface area contributed by atoms with E-state index in [1.165, 1.54) is 0 Å². The predicted octanol–water partition coefficient (Wildman–Crippen LogP) is 2.66. The van der Waals surface area contributed by atoms with E-state index in [1.54, 1.807) is 22.8 Å². The van der Waals surface area contributed by atoms with Crippen LogP contribution in [0.15, 0.2) is 60.8 Å². The highest BCUT2D eigenvalue weighted by molar-refractivity contribution is 5.91. The summed E-state index contributed by atoms with van der Waals surface area (Å²) in [7, 11) is 5.78. The van der Waals surface area contributed by atoms with Crippen LogP contribution in [-0.2, 0) is 13.1 Å². The molecule has 134 valence electrons. The summed E-state index contributed by atoms with van der Waals surface area (Å²) in [6.07, 6.45) is 1.70. The lowest BCUT2D eigenvalue weighted by Crippen LogP contribution is -2.26. The highest BCUT2D eigenvalue weighted by Crippen LogP contribution is 2.14. The van der Waals surface area contributed by atoms with Gasteiger partial charge in [-0.05, 0) is 23.3 Å². The summed E-state index contributed by atoms with van der Waals surface area (Å²) >= 11 is 0. The maximum Gasteiger partial charge on any atom is 0.276 e. The van der Waals surface area contributed by atoms with Crippen LogP contribution in [0, 0.1) is 0 Å². The monoisotopic (exact) mass is 349 g/mol. The van der Waals surface area contributed by atoms with Crippen molar-refractivity contribution < 1.29 is 4.79 Å². The Balaban J connectivity index is 1.63. The Morgan fingerprint density at radius 3 is 2.31 bits per heavy atom. The molecule has 0 bridgehead atoms. The molecule has 0 saturated carbocycles. The number of hydrogen-bond acceptors (Lipinski definition) is 4. The van der Waals surface area contributed by atoms with E-state index in [0.717, 1.165) is 16.8 Å². The standard InChI is InChI=1S/C20H23N5O/c1-23(2)18-11-9-17(10-12-18)13-24(3)20(26)19-15-25(22-21-19)14-16-7-5-4-6-8-16/h4-12,15H,13-14H2,1-3H3. The van der Waals surface area contributed by atoms with E-state index in [4.69, 9.17) is 0 Å². The van der Waals surface area contributed by atoms with Crippen LogP contribution in [-0.4, -0.2) is 46.9 Å². The Hall–Kier alpha value is -3.15. The van der Waals surface area contributed by atoms with Crippen LogP contribution in [0.25, 0.3) is 0 Å². The molecule has 0 fully saturated rings. The Morgan fingerprint density at radius 2 is 1.65 bits per heavy atom. The summed E-state index contributed by atoms with van der Waals surface area (Å²) in [5.41, 5.74) is 3.67. The Morgan fingerprint density at radius 1 is 0.962 bits per heavy atom. The van der Waals surface area contributed by atoms with E-state index < -0.39 is 0 Å². The van der Waals surface area contributed by atoms with Crippen molar-refractivity contribution >= 4 is 11.6 Å². The van der Waals surface area contributed by atoms with E-state index in [1.807, 2.05) is 73.6 Å². The van der Waals surface area contributed by atoms with Crippen LogP contribution in [0.4, 0.5) is 5.69 Å². The third-order valence-corrected chi connectivity index (χ3v) is 4.16. The quantitative estimate of drug-likeness (QED) is 0.687. The van der Waals surface area contributed by atoms with Crippen molar-refractivity contribution in [1.82, 2.24) is 19.9 Å². The maximum absolute atomic E-state index is 12.6. The molecular formula is C20H23N5O. The molecule has 1 heterocycles. The molecule has 6 nitrogen and oxygen atoms in total. The predicted molar refractivity (Wildman–Crippen MR) is 102 cm³/mol. The molecule has 2 aromatic carbocycles. The number of amides is 1. The van der Waals surface area contributed by atoms with Crippen molar-refractivity contribution in [3.63, 3.8) is 0 Å². The minimum atomic E-state index is -0.138. The lowest BCUT2D eigenvalue weighted by Gasteiger charge is -2.17. The molecule has 6 heteroatoms. The Kier molecular flexibility index (Phi) is 5.31. The minimum absolute atomic E-state index is 0.138. The first-order valence-corrected chi connectivity index (χ1v) is 8.49. The van der Waals surface area contributed by atoms with E-state index in [2.05, 4.69) is 10.3 Å². The van der Waals surface area contributed by atoms with Gasteiger partial charge in [-0.1, -0.05) is 47.7 Å². The van der Waals surface area contributed by atoms with Crippen LogP contribution in [0.5, 0.6) is 0 Å². The maximum atomic E-state index is 12.6. The van der Waals surface area contributed by atoms with Crippen LogP contribution in [0.1, 0.15) is 21.6 Å². The van der Waals surface area contributed by atoms with E-state index in [-0.39, 0.29) is 5.91 Å². The Bertz CT molecular complexity index is 855. The molecule has 26 heavy (non-hydrogen) atoms. The van der Waals surface area contributed by atoms with Gasteiger partial charge in [0.25, 0.3) is 5.91 Å². The summed E-state index contributed by atoms with van der Waals surface area (Å²) in [4.78, 5) is 16.3. The van der Waals surface area contributed by atoms with Crippen molar-refractivity contribution in [2.45, 2.75) is 13.1 Å². The first-order valence-electron chi connectivity index (χ1n) is 8.49. The number of anilines is 1. The second-order valence-electron chi connectivity index (χ2n) is 6.51. The molecule has 3 rings (SSSR count). The van der Waals surface area contributed by atoms with Crippen molar-refractivity contribution in [1.29, 1.82) is 0 Å². The average Bonchev–Trinajstić information content (AvgIpc) is 3.10. The number of nitrogens with zero attached hydrogens (tertiary/aromatic N) is 5. The van der Waals surface area contributed by atoms with Gasteiger partial charge < -0.3 is 9.80 Å². The summed E-state index contributed by atoms with van der Waals surface area (Å²) < 4.78 is 1.68. The van der Waals surface area contributed by atoms with Crippen molar-refractivity contribution in [3.05, 3.63) is 77.6 Å². The van der Waals surface area contributed by atoms with Gasteiger partial charge in [0.1, 0.15) is 0 Å². The normalized spacial score (nSPS) is 10.6. The first-order chi connectivity index (χ1) is 12.5. The summed E-state index contributed by atoms with van der Waals surface area (Å²) in [6, 6.07) is 18.1. The van der Waals surface area contributed by atoms with Gasteiger partial charge in [0.05, 0.1) is 12.7 Å². The van der Waals surface area contributed by atoms with Gasteiger partial charge in [0, 0.05) is 33.4 Å². The molecule has 0 N–H and O–H groups in total. The van der Waals surface area contributed by atoms with Gasteiger partial charge in [-0.2, -0.15) is 0 Å². The molecule has 0 saturated heterocycles. The molecule has 0 aliphatic rings. The minimum Gasteiger partial charge on any atom is -0.378 e. The number of carbonyl (C=O) groups is 1. The highest BCUT2D eigenvalue weighted by Gasteiger charge is 2.16. The van der Waals surface area contributed by atoms with Crippen molar-refractivity contribution in [2.24, 2.45) is 0 Å². The van der Waals surface area contributed by atoms with Gasteiger partial charge in [0.15, 0.2) is 5.69 Å². The highest BCUT2D eigenvalue weighted by atomic mass is 16.2. The second-order valence-corrected chi connectivity index (χ2v) is 6.51. The summed E-state index contributed by atoms with van der Waals surface area (Å²) in [5.74, 6) is -0.138. The zero-order chi connectivity index (χ0) is 18.5. The van der Waals surface area contributed by atoms with Crippen LogP contribution in [0.2, 0.25) is 0 Å². The second kappa shape index (κ2) is 7.82. The number of rotatable bonds is 6. The fourth-order valence-corrected chi connectivity index (χ4v) is 2.68. The van der Waals surface area contributed by atoms with Crippen molar-refractivity contribution in [2.75, 3.05) is 26.0 Å². The van der Waals surface area contributed by atoms with Gasteiger partial charge in [-0.25, -0.2) is 4.68 Å². The third-order valence-electron chi connectivity index (χ3n) is 4.16. The van der Waals surface area contributed by atoms with E-state index >= 15 is 0 Å². The molecule has 0 aliphatic carbocycles. The summed E-state index contributed by atoms with van der Waals surface area (Å²) in [6.45, 7) is 1.12. The topological polar surface area (TPSA) is 54.3 Å². The number of hydrogen-bond donors (Lipinski definition) is 0. The molecule has 0 atom stereocenters. The molecule has 3 aromatic rings.